The number of hydrogen-bond acceptors (Lipinski definition) is 1. The minimum absolute atomic E-state index is 1.14. The Morgan fingerprint density at radius 2 is 1.31 bits per heavy atom. The molecule has 0 bridgehead atoms. The van der Waals surface area contributed by atoms with E-state index in [1.165, 1.54) is 38.7 Å². The molecule has 0 N–H and O–H groups in total. The van der Waals surface area contributed by atoms with Crippen LogP contribution in [0, 0.1) is 41.5 Å². The first-order chi connectivity index (χ1) is 7.43. The smallest absolute Gasteiger partial charge is 0.0740 e. The summed E-state index contributed by atoms with van der Waals surface area (Å²) in [5.74, 6) is 0. The molecule has 1 aromatic heterocycles. The van der Waals surface area contributed by atoms with Gasteiger partial charge in [0.2, 0.25) is 0 Å². The van der Waals surface area contributed by atoms with Crippen molar-refractivity contribution in [2.75, 3.05) is 0 Å². The Morgan fingerprint density at radius 1 is 0.750 bits per heavy atom. The van der Waals surface area contributed by atoms with Gasteiger partial charge in [-0.1, -0.05) is 0 Å². The number of pyridine rings is 1. The molecule has 0 aliphatic heterocycles. The Bertz CT molecular complexity index is 527. The zero-order valence-corrected chi connectivity index (χ0v) is 11.0. The summed E-state index contributed by atoms with van der Waals surface area (Å²) in [5.41, 5.74) is 9.05. The van der Waals surface area contributed by atoms with Crippen molar-refractivity contribution < 1.29 is 0 Å². The number of hydrogen-bond donors (Lipinski definition) is 0. The zero-order valence-electron chi connectivity index (χ0n) is 11.0. The molecule has 0 fully saturated rings. The molecule has 1 nitrogen and oxygen atoms in total. The third kappa shape index (κ3) is 1.42. The van der Waals surface area contributed by atoms with Crippen molar-refractivity contribution in [1.29, 1.82) is 0 Å². The molecular formula is C15H19N. The first kappa shape index (κ1) is 11.1. The van der Waals surface area contributed by atoms with Crippen LogP contribution < -0.4 is 0 Å². The van der Waals surface area contributed by atoms with Gasteiger partial charge in [-0.25, -0.2) is 0 Å². The number of benzene rings is 1. The van der Waals surface area contributed by atoms with E-state index in [1.54, 1.807) is 0 Å². The lowest BCUT2D eigenvalue weighted by Crippen LogP contribution is -1.98. The molecular weight excluding hydrogens is 194 g/mol. The highest BCUT2D eigenvalue weighted by Gasteiger charge is 2.10. The molecule has 2 aromatic rings. The summed E-state index contributed by atoms with van der Waals surface area (Å²) in [6, 6.07) is 2.27. The summed E-state index contributed by atoms with van der Waals surface area (Å²) >= 11 is 0. The van der Waals surface area contributed by atoms with Crippen LogP contribution >= 0.6 is 0 Å². The fraction of sp³-hybridized carbons (Fsp3) is 0.400. The summed E-state index contributed by atoms with van der Waals surface area (Å²) in [5, 5.41) is 1.31. The number of aryl methyl sites for hydroxylation is 4. The summed E-state index contributed by atoms with van der Waals surface area (Å²) < 4.78 is 0. The van der Waals surface area contributed by atoms with E-state index < -0.39 is 0 Å². The molecule has 2 rings (SSSR count). The highest BCUT2D eigenvalue weighted by molar-refractivity contribution is 5.88. The van der Waals surface area contributed by atoms with Crippen molar-refractivity contribution >= 4 is 10.9 Å². The lowest BCUT2D eigenvalue weighted by molar-refractivity contribution is 1.16. The van der Waals surface area contributed by atoms with Crippen molar-refractivity contribution in [3.8, 4) is 0 Å². The molecule has 0 aliphatic carbocycles. The van der Waals surface area contributed by atoms with Crippen LogP contribution in [0.3, 0.4) is 0 Å². The molecule has 0 amide bonds. The van der Waals surface area contributed by atoms with Crippen molar-refractivity contribution in [1.82, 2.24) is 4.98 Å². The number of fused-ring (bicyclic) bond motifs is 1. The molecule has 1 heterocycles. The summed E-state index contributed by atoms with van der Waals surface area (Å²) in [6.45, 7) is 13.0. The van der Waals surface area contributed by atoms with E-state index in [1.807, 2.05) is 0 Å². The van der Waals surface area contributed by atoms with Crippen molar-refractivity contribution in [2.45, 2.75) is 41.5 Å². The van der Waals surface area contributed by atoms with Gasteiger partial charge in [-0.2, -0.15) is 0 Å². The highest BCUT2D eigenvalue weighted by atomic mass is 14.7. The molecule has 0 radical (unpaired) electrons. The molecule has 84 valence electrons. The van der Waals surface area contributed by atoms with E-state index in [0.29, 0.717) is 0 Å². The Morgan fingerprint density at radius 3 is 1.94 bits per heavy atom. The third-order valence-corrected chi connectivity index (χ3v) is 3.91. The zero-order chi connectivity index (χ0) is 12.0. The second-order valence-electron chi connectivity index (χ2n) is 4.79. The Kier molecular flexibility index (Phi) is 2.49. The van der Waals surface area contributed by atoms with E-state index in [9.17, 15) is 0 Å². The summed E-state index contributed by atoms with van der Waals surface area (Å²) in [6.07, 6.45) is 0. The first-order valence-electron chi connectivity index (χ1n) is 5.77. The minimum atomic E-state index is 1.14. The van der Waals surface area contributed by atoms with Crippen LogP contribution in [0.4, 0.5) is 0 Å². The van der Waals surface area contributed by atoms with E-state index in [0.717, 1.165) is 5.69 Å². The van der Waals surface area contributed by atoms with Gasteiger partial charge in [0.1, 0.15) is 0 Å². The lowest BCUT2D eigenvalue weighted by atomic mass is 9.93. The van der Waals surface area contributed by atoms with Gasteiger partial charge < -0.3 is 0 Å². The van der Waals surface area contributed by atoms with Gasteiger partial charge in [-0.05, 0) is 75.4 Å². The van der Waals surface area contributed by atoms with Gasteiger partial charge in [0.15, 0.2) is 0 Å². The normalized spacial score (nSPS) is 11.1. The van der Waals surface area contributed by atoms with Crippen molar-refractivity contribution in [3.05, 3.63) is 39.6 Å². The fourth-order valence-electron chi connectivity index (χ4n) is 2.22. The predicted octanol–water partition coefficient (Wildman–Crippen LogP) is 4.09. The first-order valence-corrected chi connectivity index (χ1v) is 5.77. The van der Waals surface area contributed by atoms with E-state index in [2.05, 4.69) is 47.6 Å². The Labute approximate surface area is 97.5 Å². The maximum Gasteiger partial charge on any atom is 0.0740 e. The topological polar surface area (TPSA) is 12.9 Å². The number of aromatic nitrogens is 1. The third-order valence-electron chi connectivity index (χ3n) is 3.91. The molecule has 1 aromatic carbocycles. The molecule has 0 saturated carbocycles. The predicted molar refractivity (Wildman–Crippen MR) is 70.2 cm³/mol. The Balaban J connectivity index is 3.02. The van der Waals surface area contributed by atoms with Crippen LogP contribution in [-0.4, -0.2) is 4.98 Å². The van der Waals surface area contributed by atoms with E-state index in [4.69, 9.17) is 4.98 Å². The second kappa shape index (κ2) is 3.58. The van der Waals surface area contributed by atoms with Crippen molar-refractivity contribution in [2.24, 2.45) is 0 Å². The van der Waals surface area contributed by atoms with Crippen LogP contribution in [0.2, 0.25) is 0 Å². The SMILES string of the molecule is Cc1cc2c(C)c(C)c(C)c(C)c2nc1C. The lowest BCUT2D eigenvalue weighted by Gasteiger charge is -2.14. The summed E-state index contributed by atoms with van der Waals surface area (Å²) in [4.78, 5) is 4.74. The van der Waals surface area contributed by atoms with Crippen LogP contribution in [0.1, 0.15) is 33.5 Å². The number of nitrogens with zero attached hydrogens (tertiary/aromatic N) is 1. The van der Waals surface area contributed by atoms with Gasteiger partial charge in [0, 0.05) is 11.1 Å². The maximum atomic E-state index is 4.74. The molecule has 0 saturated heterocycles. The van der Waals surface area contributed by atoms with Gasteiger partial charge in [0.05, 0.1) is 5.52 Å². The van der Waals surface area contributed by atoms with Crippen LogP contribution in [0.15, 0.2) is 6.07 Å². The molecule has 16 heavy (non-hydrogen) atoms. The monoisotopic (exact) mass is 213 g/mol. The molecule has 0 aliphatic rings. The van der Waals surface area contributed by atoms with E-state index in [-0.39, 0.29) is 0 Å². The average Bonchev–Trinajstić information content (AvgIpc) is 2.26. The van der Waals surface area contributed by atoms with Gasteiger partial charge in [-0.15, -0.1) is 0 Å². The van der Waals surface area contributed by atoms with E-state index >= 15 is 0 Å². The molecule has 1 heteroatoms. The van der Waals surface area contributed by atoms with Crippen molar-refractivity contribution in [3.63, 3.8) is 0 Å². The van der Waals surface area contributed by atoms with Gasteiger partial charge in [-0.3, -0.25) is 4.98 Å². The maximum absolute atomic E-state index is 4.74. The quantitative estimate of drug-likeness (QED) is 0.642. The highest BCUT2D eigenvalue weighted by Crippen LogP contribution is 2.28. The second-order valence-corrected chi connectivity index (χ2v) is 4.79. The van der Waals surface area contributed by atoms with Gasteiger partial charge in [0.25, 0.3) is 0 Å². The number of rotatable bonds is 0. The summed E-state index contributed by atoms with van der Waals surface area (Å²) in [7, 11) is 0. The fourth-order valence-corrected chi connectivity index (χ4v) is 2.22. The van der Waals surface area contributed by atoms with Crippen LogP contribution in [0.5, 0.6) is 0 Å². The molecule has 0 atom stereocenters. The largest absolute Gasteiger partial charge is 0.253 e. The average molecular weight is 213 g/mol. The molecule has 0 unspecified atom stereocenters. The van der Waals surface area contributed by atoms with Crippen LogP contribution in [0.25, 0.3) is 10.9 Å². The standard InChI is InChI=1S/C15H19N/c1-8-7-14-11(4)9(2)10(3)12(5)15(14)16-13(8)6/h7H,1-6H3. The minimum Gasteiger partial charge on any atom is -0.253 e. The molecule has 0 spiro atoms. The van der Waals surface area contributed by atoms with Gasteiger partial charge >= 0.3 is 0 Å². The Hall–Kier alpha value is -1.37. The van der Waals surface area contributed by atoms with Crippen LogP contribution in [-0.2, 0) is 0 Å².